The summed E-state index contributed by atoms with van der Waals surface area (Å²) < 4.78 is 24.2. The Morgan fingerprint density at radius 1 is 1.23 bits per heavy atom. The van der Waals surface area contributed by atoms with E-state index < -0.39 is 22.0 Å². The minimum atomic E-state index is -3.65. The zero-order valence-corrected chi connectivity index (χ0v) is 14.2. The minimum Gasteiger partial charge on any atom is -0.344 e. The van der Waals surface area contributed by atoms with E-state index in [1.54, 1.807) is 0 Å². The molecule has 1 aromatic rings. The van der Waals surface area contributed by atoms with Gasteiger partial charge in [0.05, 0.1) is 12.7 Å². The van der Waals surface area contributed by atoms with E-state index in [-0.39, 0.29) is 12.3 Å². The zero-order valence-electron chi connectivity index (χ0n) is 12.5. The highest BCUT2D eigenvalue weighted by Gasteiger charge is 2.22. The van der Waals surface area contributed by atoms with Crippen molar-refractivity contribution in [1.82, 2.24) is 10.0 Å². The number of hydrogen-bond acceptors (Lipinski definition) is 5. The standard InChI is InChI=1S/C14H20N2O4S2/c1-21-9-8-12(14(18)16-22(2,19)20)15-13(17)10-11-6-4-3-5-7-11/h3-7,12H,8-10H2,1-2H3,(H,15,17)(H,16,18). The van der Waals surface area contributed by atoms with Gasteiger partial charge in [0.2, 0.25) is 15.9 Å². The molecule has 8 heteroatoms. The number of nitrogens with one attached hydrogen (secondary N) is 2. The van der Waals surface area contributed by atoms with E-state index in [0.717, 1.165) is 11.8 Å². The molecule has 0 aliphatic carbocycles. The second kappa shape index (κ2) is 8.79. The van der Waals surface area contributed by atoms with Crippen molar-refractivity contribution < 1.29 is 18.0 Å². The molecule has 1 rings (SSSR count). The van der Waals surface area contributed by atoms with Crippen LogP contribution >= 0.6 is 11.8 Å². The number of carbonyl (C=O) groups is 2. The van der Waals surface area contributed by atoms with Crippen LogP contribution in [0.3, 0.4) is 0 Å². The fourth-order valence-corrected chi connectivity index (χ4v) is 2.76. The molecule has 0 spiro atoms. The first-order chi connectivity index (χ1) is 10.3. The van der Waals surface area contributed by atoms with Crippen LogP contribution < -0.4 is 10.0 Å². The van der Waals surface area contributed by atoms with E-state index in [1.165, 1.54) is 11.8 Å². The lowest BCUT2D eigenvalue weighted by molar-refractivity contribution is -0.127. The van der Waals surface area contributed by atoms with Crippen LogP contribution in [0.15, 0.2) is 30.3 Å². The molecule has 0 radical (unpaired) electrons. The average Bonchev–Trinajstić information content (AvgIpc) is 2.42. The summed E-state index contributed by atoms with van der Waals surface area (Å²) in [6, 6.07) is 8.26. The van der Waals surface area contributed by atoms with Crippen LogP contribution in [0.2, 0.25) is 0 Å². The smallest absolute Gasteiger partial charge is 0.256 e. The number of carbonyl (C=O) groups excluding carboxylic acids is 2. The molecular formula is C14H20N2O4S2. The first-order valence-corrected chi connectivity index (χ1v) is 9.94. The number of amides is 2. The van der Waals surface area contributed by atoms with Gasteiger partial charge in [0.1, 0.15) is 6.04 Å². The molecule has 0 aliphatic heterocycles. The molecule has 122 valence electrons. The Bertz CT molecular complexity index is 603. The molecular weight excluding hydrogens is 324 g/mol. The molecule has 0 fully saturated rings. The minimum absolute atomic E-state index is 0.142. The molecule has 0 aromatic heterocycles. The van der Waals surface area contributed by atoms with Crippen molar-refractivity contribution in [2.45, 2.75) is 18.9 Å². The van der Waals surface area contributed by atoms with Crippen molar-refractivity contribution in [3.63, 3.8) is 0 Å². The largest absolute Gasteiger partial charge is 0.344 e. The van der Waals surface area contributed by atoms with E-state index in [0.29, 0.717) is 12.2 Å². The predicted molar refractivity (Wildman–Crippen MR) is 88.1 cm³/mol. The second-order valence-electron chi connectivity index (χ2n) is 4.80. The summed E-state index contributed by atoms with van der Waals surface area (Å²) in [5.74, 6) is -0.396. The summed E-state index contributed by atoms with van der Waals surface area (Å²) >= 11 is 1.52. The van der Waals surface area contributed by atoms with E-state index in [2.05, 4.69) is 5.32 Å². The van der Waals surface area contributed by atoms with Gasteiger partial charge in [-0.05, 0) is 24.0 Å². The van der Waals surface area contributed by atoms with Gasteiger partial charge in [0.25, 0.3) is 5.91 Å². The maximum absolute atomic E-state index is 12.0. The van der Waals surface area contributed by atoms with Gasteiger partial charge >= 0.3 is 0 Å². The molecule has 6 nitrogen and oxygen atoms in total. The van der Waals surface area contributed by atoms with Crippen molar-refractivity contribution >= 4 is 33.6 Å². The van der Waals surface area contributed by atoms with Gasteiger partial charge in [-0.1, -0.05) is 30.3 Å². The molecule has 2 N–H and O–H groups in total. The molecule has 0 bridgehead atoms. The van der Waals surface area contributed by atoms with E-state index >= 15 is 0 Å². The van der Waals surface area contributed by atoms with Crippen molar-refractivity contribution in [1.29, 1.82) is 0 Å². The molecule has 0 heterocycles. The van der Waals surface area contributed by atoms with E-state index in [9.17, 15) is 18.0 Å². The summed E-state index contributed by atoms with van der Waals surface area (Å²) in [5.41, 5.74) is 0.826. The van der Waals surface area contributed by atoms with Crippen LogP contribution in [-0.4, -0.2) is 44.5 Å². The fourth-order valence-electron chi connectivity index (χ4n) is 1.78. The van der Waals surface area contributed by atoms with Gasteiger partial charge in [-0.15, -0.1) is 0 Å². The number of thioether (sulfide) groups is 1. The highest BCUT2D eigenvalue weighted by atomic mass is 32.2. The third-order valence-electron chi connectivity index (χ3n) is 2.76. The number of hydrogen-bond donors (Lipinski definition) is 2. The Balaban J connectivity index is 2.67. The second-order valence-corrected chi connectivity index (χ2v) is 7.54. The topological polar surface area (TPSA) is 92.3 Å². The van der Waals surface area contributed by atoms with Gasteiger partial charge in [-0.2, -0.15) is 11.8 Å². The maximum Gasteiger partial charge on any atom is 0.256 e. The molecule has 0 saturated heterocycles. The lowest BCUT2D eigenvalue weighted by atomic mass is 10.1. The molecule has 1 aromatic carbocycles. The normalized spacial score (nSPS) is 12.5. The van der Waals surface area contributed by atoms with Crippen LogP contribution in [0.1, 0.15) is 12.0 Å². The van der Waals surface area contributed by atoms with Crippen LogP contribution in [-0.2, 0) is 26.0 Å². The summed E-state index contributed by atoms with van der Waals surface area (Å²) in [7, 11) is -3.65. The summed E-state index contributed by atoms with van der Waals surface area (Å²) in [6.07, 6.45) is 3.28. The Morgan fingerprint density at radius 3 is 2.41 bits per heavy atom. The van der Waals surface area contributed by atoms with E-state index in [1.807, 2.05) is 41.3 Å². The molecule has 1 unspecified atom stereocenters. The zero-order chi connectivity index (χ0) is 16.6. The van der Waals surface area contributed by atoms with Crippen molar-refractivity contribution in [2.75, 3.05) is 18.3 Å². The highest BCUT2D eigenvalue weighted by molar-refractivity contribution is 7.98. The maximum atomic E-state index is 12.0. The van der Waals surface area contributed by atoms with Gasteiger partial charge in [0, 0.05) is 0 Å². The molecule has 2 amide bonds. The van der Waals surface area contributed by atoms with Gasteiger partial charge in [-0.25, -0.2) is 8.42 Å². The SMILES string of the molecule is CSCCC(NC(=O)Cc1ccccc1)C(=O)NS(C)(=O)=O. The Labute approximate surface area is 135 Å². The number of benzene rings is 1. The van der Waals surface area contributed by atoms with Crippen LogP contribution in [0.5, 0.6) is 0 Å². The van der Waals surface area contributed by atoms with Crippen LogP contribution in [0.25, 0.3) is 0 Å². The lowest BCUT2D eigenvalue weighted by Crippen LogP contribution is -2.48. The van der Waals surface area contributed by atoms with Crippen molar-refractivity contribution in [3.8, 4) is 0 Å². The monoisotopic (exact) mass is 344 g/mol. The van der Waals surface area contributed by atoms with E-state index in [4.69, 9.17) is 0 Å². The van der Waals surface area contributed by atoms with Gasteiger partial charge in [0.15, 0.2) is 0 Å². The third kappa shape index (κ3) is 7.46. The van der Waals surface area contributed by atoms with Crippen molar-refractivity contribution in [2.24, 2.45) is 0 Å². The predicted octanol–water partition coefficient (Wildman–Crippen LogP) is 0.543. The highest BCUT2D eigenvalue weighted by Crippen LogP contribution is 2.04. The summed E-state index contributed by atoms with van der Waals surface area (Å²) in [6.45, 7) is 0. The summed E-state index contributed by atoms with van der Waals surface area (Å²) in [5, 5.41) is 2.59. The van der Waals surface area contributed by atoms with Gasteiger partial charge in [-0.3, -0.25) is 14.3 Å². The van der Waals surface area contributed by atoms with Crippen LogP contribution in [0.4, 0.5) is 0 Å². The van der Waals surface area contributed by atoms with Gasteiger partial charge < -0.3 is 5.32 Å². The molecule has 0 saturated carbocycles. The Hall–Kier alpha value is -1.54. The Morgan fingerprint density at radius 2 is 1.86 bits per heavy atom. The third-order valence-corrected chi connectivity index (χ3v) is 3.97. The number of rotatable bonds is 8. The fraction of sp³-hybridized carbons (Fsp3) is 0.429. The van der Waals surface area contributed by atoms with Crippen LogP contribution in [0, 0.1) is 0 Å². The first-order valence-electron chi connectivity index (χ1n) is 6.65. The average molecular weight is 344 g/mol. The Kier molecular flexibility index (Phi) is 7.40. The molecule has 0 aliphatic rings. The summed E-state index contributed by atoms with van der Waals surface area (Å²) in [4.78, 5) is 23.9. The van der Waals surface area contributed by atoms with Crippen molar-refractivity contribution in [3.05, 3.63) is 35.9 Å². The lowest BCUT2D eigenvalue weighted by Gasteiger charge is -2.17. The number of sulfonamides is 1. The molecule has 1 atom stereocenters. The first kappa shape index (κ1) is 18.5. The molecule has 22 heavy (non-hydrogen) atoms. The quantitative estimate of drug-likeness (QED) is 0.718.